The maximum atomic E-state index is 13.7. The molecule has 0 bridgehead atoms. The van der Waals surface area contributed by atoms with Gasteiger partial charge in [-0.05, 0) is 76.7 Å². The van der Waals surface area contributed by atoms with Crippen molar-refractivity contribution < 1.29 is 4.79 Å². The Balaban J connectivity index is 1.77. The molecule has 1 unspecified atom stereocenters. The molecule has 1 aliphatic heterocycles. The van der Waals surface area contributed by atoms with Gasteiger partial charge in [-0.2, -0.15) is 0 Å². The summed E-state index contributed by atoms with van der Waals surface area (Å²) in [6, 6.07) is 5.37. The molecule has 1 aromatic carbocycles. The highest BCUT2D eigenvalue weighted by Gasteiger charge is 2.26. The van der Waals surface area contributed by atoms with Crippen molar-refractivity contribution in [2.24, 2.45) is 0 Å². The number of hydrogen-bond acceptors (Lipinski definition) is 5. The molecule has 0 saturated carbocycles. The molecule has 0 spiro atoms. The predicted molar refractivity (Wildman–Crippen MR) is 132 cm³/mol. The molecule has 7 heteroatoms. The Morgan fingerprint density at radius 2 is 1.94 bits per heavy atom. The minimum Gasteiger partial charge on any atom is -0.324 e. The minimum absolute atomic E-state index is 0.116. The van der Waals surface area contributed by atoms with E-state index < -0.39 is 6.04 Å². The summed E-state index contributed by atoms with van der Waals surface area (Å²) in [4.78, 5) is 36.2. The number of aryl methyl sites for hydroxylation is 4. The summed E-state index contributed by atoms with van der Waals surface area (Å²) in [6.45, 7) is 12.4. The molecule has 170 valence electrons. The summed E-state index contributed by atoms with van der Waals surface area (Å²) in [5.74, 6) is 0.485. The van der Waals surface area contributed by atoms with Crippen molar-refractivity contribution in [1.82, 2.24) is 14.5 Å². The maximum absolute atomic E-state index is 13.7. The van der Waals surface area contributed by atoms with E-state index in [1.165, 1.54) is 0 Å². The number of nitrogens with zero attached hydrogens (tertiary/aromatic N) is 3. The highest BCUT2D eigenvalue weighted by Crippen LogP contribution is 2.28. The minimum atomic E-state index is -0.666. The lowest BCUT2D eigenvalue weighted by Crippen LogP contribution is -2.36. The molecule has 1 N–H and O–H groups in total. The lowest BCUT2D eigenvalue weighted by atomic mass is 10.1. The highest BCUT2D eigenvalue weighted by atomic mass is 32.1. The number of para-hydroxylation sites is 1. The number of nitrogens with one attached hydrogen (secondary N) is 1. The van der Waals surface area contributed by atoms with Crippen LogP contribution in [0.25, 0.3) is 10.2 Å². The molecule has 1 amide bonds. The van der Waals surface area contributed by atoms with Gasteiger partial charge in [0, 0.05) is 10.6 Å². The van der Waals surface area contributed by atoms with Crippen molar-refractivity contribution >= 4 is 33.1 Å². The number of amides is 1. The van der Waals surface area contributed by atoms with Crippen LogP contribution in [0, 0.1) is 20.8 Å². The van der Waals surface area contributed by atoms with Crippen LogP contribution in [-0.4, -0.2) is 33.4 Å². The molecule has 2 aromatic heterocycles. The van der Waals surface area contributed by atoms with E-state index in [1.807, 2.05) is 39.0 Å². The SMILES string of the molecule is CCc1cccc(C)c1NC(=O)C(C)n1c(CN2CCCC2)nc2sc(C)c(C)c2c1=O. The van der Waals surface area contributed by atoms with Crippen molar-refractivity contribution in [2.45, 2.75) is 66.5 Å². The molecular formula is C25H32N4O2S. The largest absolute Gasteiger partial charge is 0.324 e. The first kappa shape index (κ1) is 22.7. The molecule has 1 atom stereocenters. The number of aromatic nitrogens is 2. The first-order valence-electron chi connectivity index (χ1n) is 11.4. The number of carbonyl (C=O) groups is 1. The van der Waals surface area contributed by atoms with Gasteiger partial charge in [0.05, 0.1) is 11.9 Å². The second-order valence-electron chi connectivity index (χ2n) is 8.78. The first-order valence-corrected chi connectivity index (χ1v) is 12.3. The summed E-state index contributed by atoms with van der Waals surface area (Å²) in [5.41, 5.74) is 3.80. The van der Waals surface area contributed by atoms with Crippen LogP contribution >= 0.6 is 11.3 Å². The quantitative estimate of drug-likeness (QED) is 0.587. The summed E-state index contributed by atoms with van der Waals surface area (Å²) in [6.07, 6.45) is 3.15. The zero-order valence-electron chi connectivity index (χ0n) is 19.6. The van der Waals surface area contributed by atoms with Gasteiger partial charge in [-0.3, -0.25) is 19.1 Å². The number of likely N-dealkylation sites (tertiary alicyclic amines) is 1. The van der Waals surface area contributed by atoms with Gasteiger partial charge in [0.2, 0.25) is 5.91 Å². The first-order chi connectivity index (χ1) is 15.3. The molecule has 4 rings (SSSR count). The summed E-state index contributed by atoms with van der Waals surface area (Å²) < 4.78 is 1.62. The zero-order valence-corrected chi connectivity index (χ0v) is 20.4. The van der Waals surface area contributed by atoms with E-state index >= 15 is 0 Å². The number of thiophene rings is 1. The monoisotopic (exact) mass is 452 g/mol. The van der Waals surface area contributed by atoms with Crippen molar-refractivity contribution in [3.05, 3.63) is 55.9 Å². The third-order valence-electron chi connectivity index (χ3n) is 6.63. The Morgan fingerprint density at radius 3 is 2.62 bits per heavy atom. The highest BCUT2D eigenvalue weighted by molar-refractivity contribution is 7.18. The Bertz CT molecular complexity index is 1220. The molecule has 1 saturated heterocycles. The number of hydrogen-bond donors (Lipinski definition) is 1. The predicted octanol–water partition coefficient (Wildman–Crippen LogP) is 4.74. The van der Waals surface area contributed by atoms with Crippen LogP contribution < -0.4 is 10.9 Å². The van der Waals surface area contributed by atoms with Gasteiger partial charge in [-0.1, -0.05) is 25.1 Å². The van der Waals surface area contributed by atoms with E-state index in [0.717, 1.165) is 64.4 Å². The Labute approximate surface area is 193 Å². The smallest absolute Gasteiger partial charge is 0.263 e. The van der Waals surface area contributed by atoms with E-state index in [0.29, 0.717) is 17.8 Å². The van der Waals surface area contributed by atoms with Crippen LogP contribution in [0.2, 0.25) is 0 Å². The fraction of sp³-hybridized carbons (Fsp3) is 0.480. The van der Waals surface area contributed by atoms with E-state index in [-0.39, 0.29) is 11.5 Å². The number of rotatable bonds is 6. The van der Waals surface area contributed by atoms with Gasteiger partial charge in [0.15, 0.2) is 0 Å². The van der Waals surface area contributed by atoms with E-state index in [4.69, 9.17) is 4.98 Å². The molecule has 1 aliphatic rings. The van der Waals surface area contributed by atoms with Crippen LogP contribution in [0.1, 0.15) is 60.1 Å². The van der Waals surface area contributed by atoms with Crippen LogP contribution in [0.4, 0.5) is 5.69 Å². The van der Waals surface area contributed by atoms with Crippen molar-refractivity contribution in [3.8, 4) is 0 Å². The third-order valence-corrected chi connectivity index (χ3v) is 7.73. The van der Waals surface area contributed by atoms with Crippen molar-refractivity contribution in [3.63, 3.8) is 0 Å². The third kappa shape index (κ3) is 4.11. The summed E-state index contributed by atoms with van der Waals surface area (Å²) >= 11 is 1.56. The molecule has 3 heterocycles. The number of benzene rings is 1. The van der Waals surface area contributed by atoms with E-state index in [9.17, 15) is 9.59 Å². The molecule has 0 aliphatic carbocycles. The van der Waals surface area contributed by atoms with Gasteiger partial charge in [-0.15, -0.1) is 11.3 Å². The van der Waals surface area contributed by atoms with E-state index in [1.54, 1.807) is 22.8 Å². The van der Waals surface area contributed by atoms with Gasteiger partial charge >= 0.3 is 0 Å². The molecule has 3 aromatic rings. The van der Waals surface area contributed by atoms with Crippen molar-refractivity contribution in [2.75, 3.05) is 18.4 Å². The normalized spacial score (nSPS) is 15.4. The fourth-order valence-electron chi connectivity index (χ4n) is 4.55. The Morgan fingerprint density at radius 1 is 1.22 bits per heavy atom. The number of anilines is 1. The molecular weight excluding hydrogens is 420 g/mol. The van der Waals surface area contributed by atoms with Gasteiger partial charge < -0.3 is 5.32 Å². The molecule has 0 radical (unpaired) electrons. The Kier molecular flexibility index (Phi) is 6.49. The lowest BCUT2D eigenvalue weighted by Gasteiger charge is -2.23. The molecule has 6 nitrogen and oxygen atoms in total. The van der Waals surface area contributed by atoms with Gasteiger partial charge in [0.1, 0.15) is 16.7 Å². The molecule has 32 heavy (non-hydrogen) atoms. The van der Waals surface area contributed by atoms with Crippen LogP contribution in [-0.2, 0) is 17.8 Å². The topological polar surface area (TPSA) is 67.2 Å². The van der Waals surface area contributed by atoms with E-state index in [2.05, 4.69) is 17.1 Å². The maximum Gasteiger partial charge on any atom is 0.263 e. The van der Waals surface area contributed by atoms with Crippen LogP contribution in [0.3, 0.4) is 0 Å². The van der Waals surface area contributed by atoms with Crippen molar-refractivity contribution in [1.29, 1.82) is 0 Å². The second-order valence-corrected chi connectivity index (χ2v) is 9.98. The van der Waals surface area contributed by atoms with Gasteiger partial charge in [0.25, 0.3) is 5.56 Å². The van der Waals surface area contributed by atoms with Crippen LogP contribution in [0.5, 0.6) is 0 Å². The summed E-state index contributed by atoms with van der Waals surface area (Å²) in [7, 11) is 0. The average molecular weight is 453 g/mol. The second kappa shape index (κ2) is 9.16. The molecule has 1 fully saturated rings. The average Bonchev–Trinajstić information content (AvgIpc) is 3.37. The lowest BCUT2D eigenvalue weighted by molar-refractivity contribution is -0.119. The van der Waals surface area contributed by atoms with Gasteiger partial charge in [-0.25, -0.2) is 4.98 Å². The summed E-state index contributed by atoms with van der Waals surface area (Å²) in [5, 5.41) is 3.75. The number of fused-ring (bicyclic) bond motifs is 1. The number of carbonyl (C=O) groups excluding carboxylic acids is 1. The zero-order chi connectivity index (χ0) is 23.0. The Hall–Kier alpha value is -2.51. The fourth-order valence-corrected chi connectivity index (χ4v) is 5.59. The van der Waals surface area contributed by atoms with Crippen LogP contribution in [0.15, 0.2) is 23.0 Å². The standard InChI is InChI=1S/C25H32N4O2S/c1-6-19-11-9-10-15(2)22(19)27-23(30)17(4)29-20(14-28-12-7-8-13-28)26-24-21(25(29)31)16(3)18(5)32-24/h9-11,17H,6-8,12-14H2,1-5H3,(H,27,30).